The molecule has 1 saturated heterocycles. The van der Waals surface area contributed by atoms with Gasteiger partial charge in [-0.2, -0.15) is 0 Å². The van der Waals surface area contributed by atoms with Gasteiger partial charge < -0.3 is 24.6 Å². The first-order chi connectivity index (χ1) is 13.4. The highest BCUT2D eigenvalue weighted by atomic mass is 16.7. The first-order valence-corrected chi connectivity index (χ1v) is 9.70. The molecule has 0 aromatic heterocycles. The van der Waals surface area contributed by atoms with Crippen LogP contribution in [0.2, 0.25) is 0 Å². The maximum Gasteiger partial charge on any atom is 0.322 e. The standard InChI is InChI=1S/C22H27N3O3/c1-14-10-17(24(3)4)11-15(2)21(14)23-22(26)25-9-5-6-18(25)16-7-8-19-20(12-16)28-13-27-19/h7-8,10-12,18H,5-6,9,13H2,1-4H3,(H,23,26). The molecule has 6 nitrogen and oxygen atoms in total. The van der Waals surface area contributed by atoms with Gasteiger partial charge in [0.2, 0.25) is 6.79 Å². The van der Waals surface area contributed by atoms with Crippen molar-refractivity contribution in [2.24, 2.45) is 0 Å². The molecule has 0 radical (unpaired) electrons. The zero-order chi connectivity index (χ0) is 19.8. The van der Waals surface area contributed by atoms with Crippen molar-refractivity contribution in [3.8, 4) is 11.5 Å². The molecule has 28 heavy (non-hydrogen) atoms. The minimum atomic E-state index is -0.0519. The number of ether oxygens (including phenoxy) is 2. The molecule has 0 aliphatic carbocycles. The predicted molar refractivity (Wildman–Crippen MR) is 111 cm³/mol. The van der Waals surface area contributed by atoms with Crippen LogP contribution in [0.4, 0.5) is 16.2 Å². The molecule has 2 heterocycles. The Morgan fingerprint density at radius 3 is 2.54 bits per heavy atom. The number of hydrogen-bond acceptors (Lipinski definition) is 4. The molecular formula is C22H27N3O3. The van der Waals surface area contributed by atoms with Gasteiger partial charge >= 0.3 is 6.03 Å². The third-order valence-corrected chi connectivity index (χ3v) is 5.56. The van der Waals surface area contributed by atoms with Crippen LogP contribution in [0.15, 0.2) is 30.3 Å². The second-order valence-corrected chi connectivity index (χ2v) is 7.74. The Balaban J connectivity index is 1.55. The smallest absolute Gasteiger partial charge is 0.322 e. The topological polar surface area (TPSA) is 54.0 Å². The summed E-state index contributed by atoms with van der Waals surface area (Å²) in [6, 6.07) is 10.2. The van der Waals surface area contributed by atoms with E-state index in [1.54, 1.807) is 0 Å². The molecule has 2 amide bonds. The number of carbonyl (C=O) groups excluding carboxylic acids is 1. The number of amides is 2. The summed E-state index contributed by atoms with van der Waals surface area (Å²) in [5.74, 6) is 1.53. The van der Waals surface area contributed by atoms with Crippen molar-refractivity contribution in [2.75, 3.05) is 37.6 Å². The molecule has 0 saturated carbocycles. The summed E-state index contributed by atoms with van der Waals surface area (Å²) < 4.78 is 10.9. The van der Waals surface area contributed by atoms with E-state index < -0.39 is 0 Å². The van der Waals surface area contributed by atoms with Gasteiger partial charge in [0, 0.05) is 32.0 Å². The van der Waals surface area contributed by atoms with Gasteiger partial charge in [0.1, 0.15) is 0 Å². The molecule has 2 aliphatic rings. The van der Waals surface area contributed by atoms with Gasteiger partial charge in [-0.05, 0) is 67.6 Å². The number of nitrogens with one attached hydrogen (secondary N) is 1. The van der Waals surface area contributed by atoms with E-state index >= 15 is 0 Å². The van der Waals surface area contributed by atoms with Crippen molar-refractivity contribution >= 4 is 17.4 Å². The van der Waals surface area contributed by atoms with Crippen LogP contribution in [0.3, 0.4) is 0 Å². The van der Waals surface area contributed by atoms with Crippen LogP contribution in [0.5, 0.6) is 11.5 Å². The van der Waals surface area contributed by atoms with E-state index in [0.717, 1.165) is 59.0 Å². The van der Waals surface area contributed by atoms with Crippen molar-refractivity contribution in [2.45, 2.75) is 32.7 Å². The Bertz CT molecular complexity index is 887. The molecule has 1 atom stereocenters. The molecule has 1 fully saturated rings. The number of aryl methyl sites for hydroxylation is 2. The number of nitrogens with zero attached hydrogens (tertiary/aromatic N) is 2. The van der Waals surface area contributed by atoms with Gasteiger partial charge in [-0.15, -0.1) is 0 Å². The number of rotatable bonds is 3. The molecule has 2 aromatic rings. The lowest BCUT2D eigenvalue weighted by Gasteiger charge is -2.27. The van der Waals surface area contributed by atoms with Crippen molar-refractivity contribution in [3.63, 3.8) is 0 Å². The normalized spacial score (nSPS) is 17.7. The Labute approximate surface area is 166 Å². The average molecular weight is 381 g/mol. The van der Waals surface area contributed by atoms with Crippen LogP contribution in [-0.2, 0) is 0 Å². The van der Waals surface area contributed by atoms with Gasteiger partial charge in [0.15, 0.2) is 11.5 Å². The van der Waals surface area contributed by atoms with E-state index in [1.807, 2.05) is 51.0 Å². The summed E-state index contributed by atoms with van der Waals surface area (Å²) in [5, 5.41) is 3.15. The van der Waals surface area contributed by atoms with E-state index in [-0.39, 0.29) is 18.9 Å². The van der Waals surface area contributed by atoms with Crippen molar-refractivity contribution in [1.29, 1.82) is 0 Å². The number of carbonyl (C=O) groups is 1. The molecule has 1 N–H and O–H groups in total. The van der Waals surface area contributed by atoms with Crippen molar-refractivity contribution in [1.82, 2.24) is 4.90 Å². The lowest BCUT2D eigenvalue weighted by Crippen LogP contribution is -2.34. The quantitative estimate of drug-likeness (QED) is 0.852. The number of urea groups is 1. The fraction of sp³-hybridized carbons (Fsp3) is 0.409. The number of fused-ring (bicyclic) bond motifs is 1. The van der Waals surface area contributed by atoms with E-state index in [9.17, 15) is 4.79 Å². The van der Waals surface area contributed by atoms with Crippen LogP contribution < -0.4 is 19.7 Å². The number of hydrogen-bond donors (Lipinski definition) is 1. The first kappa shape index (κ1) is 18.5. The van der Waals surface area contributed by atoms with E-state index in [1.165, 1.54) is 0 Å². The van der Waals surface area contributed by atoms with Gasteiger partial charge in [-0.25, -0.2) is 4.79 Å². The SMILES string of the molecule is Cc1cc(N(C)C)cc(C)c1NC(=O)N1CCCC1c1ccc2c(c1)OCO2. The maximum absolute atomic E-state index is 13.1. The van der Waals surface area contributed by atoms with Crippen LogP contribution in [0.25, 0.3) is 0 Å². The minimum absolute atomic E-state index is 0.0519. The van der Waals surface area contributed by atoms with Crippen LogP contribution >= 0.6 is 0 Å². The Morgan fingerprint density at radius 2 is 1.82 bits per heavy atom. The highest BCUT2D eigenvalue weighted by molar-refractivity contribution is 5.92. The fourth-order valence-corrected chi connectivity index (χ4v) is 4.05. The number of anilines is 2. The molecule has 0 bridgehead atoms. The fourth-order valence-electron chi connectivity index (χ4n) is 4.05. The summed E-state index contributed by atoms with van der Waals surface area (Å²) in [7, 11) is 4.04. The first-order valence-electron chi connectivity index (χ1n) is 9.70. The Hall–Kier alpha value is -2.89. The summed E-state index contributed by atoms with van der Waals surface area (Å²) in [6.45, 7) is 5.08. The summed E-state index contributed by atoms with van der Waals surface area (Å²) in [4.78, 5) is 17.1. The van der Waals surface area contributed by atoms with Crippen LogP contribution in [0, 0.1) is 13.8 Å². The van der Waals surface area contributed by atoms with E-state index in [0.29, 0.717) is 0 Å². The van der Waals surface area contributed by atoms with E-state index in [2.05, 4.69) is 22.3 Å². The highest BCUT2D eigenvalue weighted by Crippen LogP contribution is 2.39. The average Bonchev–Trinajstić information content (AvgIpc) is 3.32. The largest absolute Gasteiger partial charge is 0.454 e. The van der Waals surface area contributed by atoms with Gasteiger partial charge in [0.05, 0.1) is 6.04 Å². The zero-order valence-electron chi connectivity index (χ0n) is 16.9. The monoisotopic (exact) mass is 381 g/mol. The second-order valence-electron chi connectivity index (χ2n) is 7.74. The predicted octanol–water partition coefficient (Wildman–Crippen LogP) is 4.47. The number of benzene rings is 2. The molecule has 2 aromatic carbocycles. The third-order valence-electron chi connectivity index (χ3n) is 5.56. The maximum atomic E-state index is 13.1. The van der Waals surface area contributed by atoms with Crippen LogP contribution in [0.1, 0.15) is 35.6 Å². The second kappa shape index (κ2) is 7.26. The lowest BCUT2D eigenvalue weighted by molar-refractivity contribution is 0.173. The molecular weight excluding hydrogens is 354 g/mol. The molecule has 2 aliphatic heterocycles. The molecule has 4 rings (SSSR count). The van der Waals surface area contributed by atoms with Gasteiger partial charge in [-0.1, -0.05) is 6.07 Å². The van der Waals surface area contributed by atoms with Crippen molar-refractivity contribution in [3.05, 3.63) is 47.0 Å². The molecule has 1 unspecified atom stereocenters. The number of likely N-dealkylation sites (tertiary alicyclic amines) is 1. The Morgan fingerprint density at radius 1 is 1.11 bits per heavy atom. The summed E-state index contributed by atoms with van der Waals surface area (Å²) in [5.41, 5.74) is 5.25. The molecule has 6 heteroatoms. The third kappa shape index (κ3) is 3.35. The zero-order valence-corrected chi connectivity index (χ0v) is 16.9. The molecule has 0 spiro atoms. The van der Waals surface area contributed by atoms with Crippen LogP contribution in [-0.4, -0.2) is 38.4 Å². The highest BCUT2D eigenvalue weighted by Gasteiger charge is 2.31. The Kier molecular flexibility index (Phi) is 4.79. The lowest BCUT2D eigenvalue weighted by atomic mass is 10.0. The molecule has 148 valence electrons. The van der Waals surface area contributed by atoms with Gasteiger partial charge in [-0.3, -0.25) is 0 Å². The summed E-state index contributed by atoms with van der Waals surface area (Å²) >= 11 is 0. The van der Waals surface area contributed by atoms with Crippen molar-refractivity contribution < 1.29 is 14.3 Å². The minimum Gasteiger partial charge on any atom is -0.454 e. The van der Waals surface area contributed by atoms with E-state index in [4.69, 9.17) is 9.47 Å². The van der Waals surface area contributed by atoms with Gasteiger partial charge in [0.25, 0.3) is 0 Å². The summed E-state index contributed by atoms with van der Waals surface area (Å²) in [6.07, 6.45) is 1.94.